The van der Waals surface area contributed by atoms with Gasteiger partial charge in [-0.25, -0.2) is 13.1 Å². The monoisotopic (exact) mass is 272 g/mol. The van der Waals surface area contributed by atoms with E-state index in [1.54, 1.807) is 20.2 Å². The van der Waals surface area contributed by atoms with Crippen LogP contribution in [0.15, 0.2) is 11.1 Å². The second-order valence-electron chi connectivity index (χ2n) is 4.95. The average molecular weight is 272 g/mol. The van der Waals surface area contributed by atoms with Crippen molar-refractivity contribution in [3.8, 4) is 0 Å². The number of piperidine rings is 1. The lowest BCUT2D eigenvalue weighted by Crippen LogP contribution is -2.43. The van der Waals surface area contributed by atoms with Gasteiger partial charge in [0, 0.05) is 19.3 Å². The van der Waals surface area contributed by atoms with Crippen molar-refractivity contribution in [3.05, 3.63) is 11.9 Å². The predicted molar refractivity (Wildman–Crippen MR) is 68.8 cm³/mol. The molecule has 2 rings (SSSR count). The Kier molecular flexibility index (Phi) is 3.74. The van der Waals surface area contributed by atoms with Gasteiger partial charge in [-0.3, -0.25) is 4.68 Å². The van der Waals surface area contributed by atoms with Gasteiger partial charge in [0.2, 0.25) is 10.0 Å². The normalized spacial score (nSPS) is 19.3. The molecule has 0 atom stereocenters. The van der Waals surface area contributed by atoms with E-state index in [2.05, 4.69) is 21.8 Å². The molecule has 0 radical (unpaired) electrons. The SMILES string of the molecule is Cc1nn(C)cc1S(=O)(=O)NC1CCN(C)CC1. The van der Waals surface area contributed by atoms with E-state index < -0.39 is 10.0 Å². The highest BCUT2D eigenvalue weighted by Crippen LogP contribution is 2.16. The zero-order chi connectivity index (χ0) is 13.3. The molecule has 0 bridgehead atoms. The molecule has 2 heterocycles. The van der Waals surface area contributed by atoms with Crippen LogP contribution < -0.4 is 4.72 Å². The van der Waals surface area contributed by atoms with Crippen LogP contribution in [-0.2, 0) is 17.1 Å². The minimum atomic E-state index is -3.44. The molecule has 1 aliphatic rings. The van der Waals surface area contributed by atoms with Gasteiger partial charge in [0.15, 0.2) is 0 Å². The first-order chi connectivity index (χ1) is 8.38. The van der Waals surface area contributed by atoms with E-state index in [4.69, 9.17) is 0 Å². The van der Waals surface area contributed by atoms with Gasteiger partial charge in [-0.1, -0.05) is 0 Å². The van der Waals surface area contributed by atoms with Crippen molar-refractivity contribution in [2.75, 3.05) is 20.1 Å². The van der Waals surface area contributed by atoms with Crippen LogP contribution in [0.5, 0.6) is 0 Å². The highest BCUT2D eigenvalue weighted by molar-refractivity contribution is 7.89. The van der Waals surface area contributed by atoms with Crippen molar-refractivity contribution in [2.24, 2.45) is 7.05 Å². The smallest absolute Gasteiger partial charge is 0.244 e. The number of hydrogen-bond acceptors (Lipinski definition) is 4. The average Bonchev–Trinajstić information content (AvgIpc) is 2.62. The molecule has 1 aliphatic heterocycles. The molecule has 1 fully saturated rings. The Morgan fingerprint density at radius 2 is 1.94 bits per heavy atom. The highest BCUT2D eigenvalue weighted by atomic mass is 32.2. The van der Waals surface area contributed by atoms with E-state index in [0.29, 0.717) is 5.69 Å². The Labute approximate surface area is 108 Å². The maximum absolute atomic E-state index is 12.2. The molecule has 0 aromatic carbocycles. The van der Waals surface area contributed by atoms with Crippen molar-refractivity contribution in [2.45, 2.75) is 30.7 Å². The number of aryl methyl sites for hydroxylation is 2. The molecule has 0 spiro atoms. The molecule has 102 valence electrons. The van der Waals surface area contributed by atoms with E-state index in [1.165, 1.54) is 4.68 Å². The Hall–Kier alpha value is -0.920. The summed E-state index contributed by atoms with van der Waals surface area (Å²) in [6, 6.07) is 0.0332. The number of likely N-dealkylation sites (tertiary alicyclic amines) is 1. The molecule has 0 aliphatic carbocycles. The zero-order valence-corrected chi connectivity index (χ0v) is 11.9. The molecule has 1 N–H and O–H groups in total. The first-order valence-electron chi connectivity index (χ1n) is 6.09. The van der Waals surface area contributed by atoms with Crippen LogP contribution in [0.25, 0.3) is 0 Å². The van der Waals surface area contributed by atoms with Crippen molar-refractivity contribution >= 4 is 10.0 Å². The predicted octanol–water partition coefficient (Wildman–Crippen LogP) is 0.101. The summed E-state index contributed by atoms with van der Waals surface area (Å²) in [5, 5.41) is 4.07. The Bertz CT molecular complexity index is 515. The van der Waals surface area contributed by atoms with E-state index in [9.17, 15) is 8.42 Å². The van der Waals surface area contributed by atoms with Crippen molar-refractivity contribution in [1.29, 1.82) is 0 Å². The molecular formula is C11H20N4O2S. The molecule has 7 heteroatoms. The van der Waals surface area contributed by atoms with E-state index in [-0.39, 0.29) is 10.9 Å². The molecule has 0 unspecified atom stereocenters. The summed E-state index contributed by atoms with van der Waals surface area (Å²) >= 11 is 0. The largest absolute Gasteiger partial charge is 0.306 e. The number of hydrogen-bond donors (Lipinski definition) is 1. The summed E-state index contributed by atoms with van der Waals surface area (Å²) in [4.78, 5) is 2.49. The van der Waals surface area contributed by atoms with Gasteiger partial charge >= 0.3 is 0 Å². The van der Waals surface area contributed by atoms with E-state index in [0.717, 1.165) is 25.9 Å². The molecule has 6 nitrogen and oxygen atoms in total. The van der Waals surface area contributed by atoms with Crippen LogP contribution in [0, 0.1) is 6.92 Å². The third kappa shape index (κ3) is 2.90. The van der Waals surface area contributed by atoms with Gasteiger partial charge in [0.1, 0.15) is 4.90 Å². The number of nitrogens with zero attached hydrogens (tertiary/aromatic N) is 3. The third-order valence-corrected chi connectivity index (χ3v) is 4.92. The molecule has 0 saturated carbocycles. The van der Waals surface area contributed by atoms with Gasteiger partial charge in [0.05, 0.1) is 5.69 Å². The van der Waals surface area contributed by atoms with Gasteiger partial charge in [-0.15, -0.1) is 0 Å². The van der Waals surface area contributed by atoms with Crippen LogP contribution in [0.1, 0.15) is 18.5 Å². The summed E-state index contributed by atoms with van der Waals surface area (Å²) in [5.41, 5.74) is 0.540. The van der Waals surface area contributed by atoms with Crippen molar-refractivity contribution < 1.29 is 8.42 Å². The summed E-state index contributed by atoms with van der Waals surface area (Å²) in [6.45, 7) is 3.57. The Morgan fingerprint density at radius 3 is 2.44 bits per heavy atom. The molecule has 1 saturated heterocycles. The zero-order valence-electron chi connectivity index (χ0n) is 11.0. The van der Waals surface area contributed by atoms with Gasteiger partial charge in [-0.2, -0.15) is 5.10 Å². The van der Waals surface area contributed by atoms with Gasteiger partial charge in [-0.05, 0) is 39.9 Å². The quantitative estimate of drug-likeness (QED) is 0.847. The van der Waals surface area contributed by atoms with Gasteiger partial charge < -0.3 is 4.90 Å². The summed E-state index contributed by atoms with van der Waals surface area (Å²) in [7, 11) is 0.336. The summed E-state index contributed by atoms with van der Waals surface area (Å²) < 4.78 is 28.8. The van der Waals surface area contributed by atoms with Crippen LogP contribution in [0.3, 0.4) is 0 Å². The molecule has 1 aromatic rings. The van der Waals surface area contributed by atoms with Crippen molar-refractivity contribution in [3.63, 3.8) is 0 Å². The maximum atomic E-state index is 12.2. The minimum Gasteiger partial charge on any atom is -0.306 e. The van der Waals surface area contributed by atoms with Gasteiger partial charge in [0.25, 0.3) is 0 Å². The molecule has 18 heavy (non-hydrogen) atoms. The van der Waals surface area contributed by atoms with Crippen LogP contribution in [-0.4, -0.2) is 49.3 Å². The number of aromatic nitrogens is 2. The molecule has 1 aromatic heterocycles. The topological polar surface area (TPSA) is 67.2 Å². The van der Waals surface area contributed by atoms with Crippen LogP contribution >= 0.6 is 0 Å². The fourth-order valence-electron chi connectivity index (χ4n) is 2.25. The number of nitrogens with one attached hydrogen (secondary N) is 1. The molecule has 0 amide bonds. The third-order valence-electron chi connectivity index (χ3n) is 3.30. The number of rotatable bonds is 3. The second kappa shape index (κ2) is 4.99. The lowest BCUT2D eigenvalue weighted by atomic mass is 10.1. The van der Waals surface area contributed by atoms with Crippen LogP contribution in [0.2, 0.25) is 0 Å². The maximum Gasteiger partial charge on any atom is 0.244 e. The van der Waals surface area contributed by atoms with E-state index in [1.807, 2.05) is 0 Å². The lowest BCUT2D eigenvalue weighted by Gasteiger charge is -2.29. The number of sulfonamides is 1. The fraction of sp³-hybridized carbons (Fsp3) is 0.727. The minimum absolute atomic E-state index is 0.0332. The highest BCUT2D eigenvalue weighted by Gasteiger charge is 2.25. The Balaban J connectivity index is 2.10. The van der Waals surface area contributed by atoms with Crippen LogP contribution in [0.4, 0.5) is 0 Å². The first-order valence-corrected chi connectivity index (χ1v) is 7.58. The fourth-order valence-corrected chi connectivity index (χ4v) is 3.77. The Morgan fingerprint density at radius 1 is 1.33 bits per heavy atom. The first kappa shape index (κ1) is 13.5. The second-order valence-corrected chi connectivity index (χ2v) is 6.63. The summed E-state index contributed by atoms with van der Waals surface area (Å²) in [5.74, 6) is 0. The summed E-state index contributed by atoms with van der Waals surface area (Å²) in [6.07, 6.45) is 3.26. The standard InChI is InChI=1S/C11H20N4O2S/c1-9-11(8-15(3)12-9)18(16,17)13-10-4-6-14(2)7-5-10/h8,10,13H,4-7H2,1-3H3. The lowest BCUT2D eigenvalue weighted by molar-refractivity contribution is 0.248. The molecular weight excluding hydrogens is 252 g/mol. The van der Waals surface area contributed by atoms with E-state index >= 15 is 0 Å². The van der Waals surface area contributed by atoms with Crippen molar-refractivity contribution in [1.82, 2.24) is 19.4 Å².